The predicted molar refractivity (Wildman–Crippen MR) is 101 cm³/mol. The molecule has 6 heteroatoms. The number of carbonyl (C=O) groups excluding carboxylic acids is 1. The molecule has 1 aromatic heterocycles. The van der Waals surface area contributed by atoms with Gasteiger partial charge in [0, 0.05) is 16.0 Å². The molecule has 4 rings (SSSR count). The Labute approximate surface area is 149 Å². The molecule has 0 bridgehead atoms. The third-order valence-corrected chi connectivity index (χ3v) is 5.09. The lowest BCUT2D eigenvalue weighted by molar-refractivity contribution is 0.0950. The Morgan fingerprint density at radius 2 is 1.88 bits per heavy atom. The summed E-state index contributed by atoms with van der Waals surface area (Å²) in [6.07, 6.45) is 1.70. The zero-order valence-corrected chi connectivity index (χ0v) is 14.4. The smallest absolute Gasteiger partial charge is 0.287 e. The minimum atomic E-state index is -0.259. The van der Waals surface area contributed by atoms with E-state index in [-0.39, 0.29) is 5.91 Å². The van der Waals surface area contributed by atoms with Gasteiger partial charge in [-0.15, -0.1) is 0 Å². The molecule has 0 aliphatic carbocycles. The molecular weight excluding hydrogens is 332 g/mol. The maximum atomic E-state index is 11.9. The molecule has 3 N–H and O–H groups in total. The van der Waals surface area contributed by atoms with Crippen LogP contribution >= 0.6 is 11.8 Å². The number of carbonyl (C=O) groups is 1. The van der Waals surface area contributed by atoms with Crippen LogP contribution in [0.3, 0.4) is 0 Å². The molecular formula is C19H16N4OS. The van der Waals surface area contributed by atoms with Gasteiger partial charge in [0.25, 0.3) is 5.91 Å². The standard InChI is InChI=1S/C19H16N4OS/c1-12(22-23-19(24)15-6-4-10-20-15)13-8-9-18-16(11-13)21-14-5-2-3-7-17(14)25-18/h2-11,20-21H,1H3,(H,23,24)/b22-12-. The second kappa shape index (κ2) is 6.49. The molecule has 1 aliphatic heterocycles. The fourth-order valence-electron chi connectivity index (χ4n) is 2.60. The Kier molecular flexibility index (Phi) is 4.03. The number of amides is 1. The van der Waals surface area contributed by atoms with Gasteiger partial charge in [-0.2, -0.15) is 5.10 Å². The van der Waals surface area contributed by atoms with E-state index in [2.05, 4.69) is 45.1 Å². The van der Waals surface area contributed by atoms with Crippen molar-refractivity contribution in [3.05, 3.63) is 72.1 Å². The zero-order valence-electron chi connectivity index (χ0n) is 13.5. The maximum absolute atomic E-state index is 11.9. The van der Waals surface area contributed by atoms with E-state index in [9.17, 15) is 4.79 Å². The molecule has 0 atom stereocenters. The summed E-state index contributed by atoms with van der Waals surface area (Å²) in [6.45, 7) is 1.88. The Morgan fingerprint density at radius 3 is 2.72 bits per heavy atom. The third kappa shape index (κ3) is 3.16. The fourth-order valence-corrected chi connectivity index (χ4v) is 3.56. The number of nitrogens with zero attached hydrogens (tertiary/aromatic N) is 1. The summed E-state index contributed by atoms with van der Waals surface area (Å²) >= 11 is 1.74. The first kappa shape index (κ1) is 15.5. The van der Waals surface area contributed by atoms with Crippen LogP contribution in [0.25, 0.3) is 0 Å². The summed E-state index contributed by atoms with van der Waals surface area (Å²) in [5.41, 5.74) is 6.91. The van der Waals surface area contributed by atoms with Crippen molar-refractivity contribution in [2.24, 2.45) is 5.10 Å². The number of para-hydroxylation sites is 1. The topological polar surface area (TPSA) is 69.3 Å². The molecule has 0 saturated heterocycles. The minimum Gasteiger partial charge on any atom is -0.357 e. The van der Waals surface area contributed by atoms with Crippen LogP contribution in [0.4, 0.5) is 11.4 Å². The number of nitrogens with one attached hydrogen (secondary N) is 3. The summed E-state index contributed by atoms with van der Waals surface area (Å²) in [4.78, 5) is 17.2. The average Bonchev–Trinajstić information content (AvgIpc) is 3.18. The van der Waals surface area contributed by atoms with Crippen LogP contribution in [0, 0.1) is 0 Å². The van der Waals surface area contributed by atoms with Gasteiger partial charge in [0.15, 0.2) is 0 Å². The molecule has 0 radical (unpaired) electrons. The van der Waals surface area contributed by atoms with E-state index in [0.717, 1.165) is 22.6 Å². The van der Waals surface area contributed by atoms with Crippen LogP contribution in [-0.2, 0) is 0 Å². The first-order chi connectivity index (χ1) is 12.2. The summed E-state index contributed by atoms with van der Waals surface area (Å²) in [5.74, 6) is -0.259. The predicted octanol–water partition coefficient (Wildman–Crippen LogP) is 4.38. The molecule has 124 valence electrons. The second-order valence-corrected chi connectivity index (χ2v) is 6.74. The van der Waals surface area contributed by atoms with Gasteiger partial charge < -0.3 is 10.3 Å². The van der Waals surface area contributed by atoms with E-state index in [1.54, 1.807) is 30.1 Å². The summed E-state index contributed by atoms with van der Waals surface area (Å²) in [6, 6.07) is 17.8. The number of rotatable bonds is 3. The highest BCUT2D eigenvalue weighted by Gasteiger charge is 2.16. The quantitative estimate of drug-likeness (QED) is 0.380. The Hall–Kier alpha value is -2.99. The van der Waals surface area contributed by atoms with Gasteiger partial charge >= 0.3 is 0 Å². The second-order valence-electron chi connectivity index (χ2n) is 5.66. The van der Waals surface area contributed by atoms with Crippen LogP contribution in [0.1, 0.15) is 23.0 Å². The van der Waals surface area contributed by atoms with E-state index in [1.807, 2.05) is 25.1 Å². The number of benzene rings is 2. The summed E-state index contributed by atoms with van der Waals surface area (Å²) < 4.78 is 0. The van der Waals surface area contributed by atoms with Crippen LogP contribution in [0.2, 0.25) is 0 Å². The lowest BCUT2D eigenvalue weighted by Gasteiger charge is -2.21. The van der Waals surface area contributed by atoms with E-state index >= 15 is 0 Å². The van der Waals surface area contributed by atoms with Crippen molar-refractivity contribution < 1.29 is 4.79 Å². The minimum absolute atomic E-state index is 0.259. The lowest BCUT2D eigenvalue weighted by atomic mass is 10.1. The van der Waals surface area contributed by atoms with Crippen LogP contribution < -0.4 is 10.7 Å². The third-order valence-electron chi connectivity index (χ3n) is 3.94. The number of H-pyrrole nitrogens is 1. The number of fused-ring (bicyclic) bond motifs is 2. The number of aromatic amines is 1. The number of hydrazone groups is 1. The van der Waals surface area contributed by atoms with Gasteiger partial charge in [0.05, 0.1) is 17.1 Å². The van der Waals surface area contributed by atoms with Crippen molar-refractivity contribution in [2.45, 2.75) is 16.7 Å². The van der Waals surface area contributed by atoms with Gasteiger partial charge in [0.2, 0.25) is 0 Å². The Morgan fingerprint density at radius 1 is 1.04 bits per heavy atom. The maximum Gasteiger partial charge on any atom is 0.287 e. The summed E-state index contributed by atoms with van der Waals surface area (Å²) in [5, 5.41) is 7.66. The van der Waals surface area contributed by atoms with Gasteiger partial charge in [-0.05, 0) is 48.9 Å². The largest absolute Gasteiger partial charge is 0.357 e. The molecule has 25 heavy (non-hydrogen) atoms. The van der Waals surface area contributed by atoms with E-state index in [4.69, 9.17) is 0 Å². The van der Waals surface area contributed by atoms with Crippen LogP contribution in [0.5, 0.6) is 0 Å². The highest BCUT2D eigenvalue weighted by atomic mass is 32.2. The average molecular weight is 348 g/mol. The van der Waals surface area contributed by atoms with Crippen molar-refractivity contribution in [3.63, 3.8) is 0 Å². The van der Waals surface area contributed by atoms with Crippen LogP contribution in [0.15, 0.2) is 75.7 Å². The molecule has 3 aromatic rings. The first-order valence-corrected chi connectivity index (χ1v) is 8.69. The molecule has 5 nitrogen and oxygen atoms in total. The SMILES string of the molecule is C/C(=N/NC(=O)c1ccc[nH]1)c1ccc2c(c1)Nc1ccccc1S2. The van der Waals surface area contributed by atoms with Gasteiger partial charge in [-0.25, -0.2) is 5.43 Å². The van der Waals surface area contributed by atoms with Crippen molar-refractivity contribution in [3.8, 4) is 0 Å². The van der Waals surface area contributed by atoms with E-state index in [0.29, 0.717) is 5.69 Å². The first-order valence-electron chi connectivity index (χ1n) is 7.87. The van der Waals surface area contributed by atoms with E-state index in [1.165, 1.54) is 9.79 Å². The normalized spacial score (nSPS) is 12.8. The fraction of sp³-hybridized carbons (Fsp3) is 0.0526. The van der Waals surface area contributed by atoms with Crippen molar-refractivity contribution in [1.82, 2.24) is 10.4 Å². The summed E-state index contributed by atoms with van der Waals surface area (Å²) in [7, 11) is 0. The molecule has 0 saturated carbocycles. The van der Waals surface area contributed by atoms with Gasteiger partial charge in [-0.3, -0.25) is 4.79 Å². The molecule has 1 amide bonds. The molecule has 0 fully saturated rings. The molecule has 0 unspecified atom stereocenters. The van der Waals surface area contributed by atoms with Gasteiger partial charge in [0.1, 0.15) is 5.69 Å². The van der Waals surface area contributed by atoms with Crippen molar-refractivity contribution in [2.75, 3.05) is 5.32 Å². The number of hydrogen-bond acceptors (Lipinski definition) is 4. The molecule has 2 aromatic carbocycles. The Balaban J connectivity index is 1.54. The lowest BCUT2D eigenvalue weighted by Crippen LogP contribution is -2.19. The highest BCUT2D eigenvalue weighted by molar-refractivity contribution is 7.99. The molecule has 0 spiro atoms. The van der Waals surface area contributed by atoms with Gasteiger partial charge in [-0.1, -0.05) is 30.0 Å². The number of anilines is 2. The highest BCUT2D eigenvalue weighted by Crippen LogP contribution is 2.44. The monoisotopic (exact) mass is 348 g/mol. The zero-order chi connectivity index (χ0) is 17.2. The van der Waals surface area contributed by atoms with E-state index < -0.39 is 0 Å². The molecule has 2 heterocycles. The number of hydrogen-bond donors (Lipinski definition) is 3. The number of aromatic nitrogens is 1. The van der Waals surface area contributed by atoms with Crippen molar-refractivity contribution in [1.29, 1.82) is 0 Å². The Bertz CT molecular complexity index is 963. The van der Waals surface area contributed by atoms with Crippen LogP contribution in [-0.4, -0.2) is 16.6 Å². The molecule has 1 aliphatic rings. The van der Waals surface area contributed by atoms with Crippen molar-refractivity contribution >= 4 is 34.8 Å².